The van der Waals surface area contributed by atoms with Gasteiger partial charge in [0.25, 0.3) is 0 Å². The van der Waals surface area contributed by atoms with Gasteiger partial charge in [-0.25, -0.2) is 0 Å². The van der Waals surface area contributed by atoms with Crippen molar-refractivity contribution >= 4 is 0 Å². The molecule has 4 atom stereocenters. The zero-order valence-corrected chi connectivity index (χ0v) is 9.10. The van der Waals surface area contributed by atoms with Crippen molar-refractivity contribution in [3.63, 3.8) is 0 Å². The zero-order valence-electron chi connectivity index (χ0n) is 9.10. The highest BCUT2D eigenvalue weighted by Gasteiger charge is 2.39. The summed E-state index contributed by atoms with van der Waals surface area (Å²) in [7, 11) is 2.08. The van der Waals surface area contributed by atoms with Crippen LogP contribution >= 0.6 is 0 Å². The summed E-state index contributed by atoms with van der Waals surface area (Å²) in [6, 6.07) is 0.427. The van der Waals surface area contributed by atoms with E-state index in [4.69, 9.17) is 14.2 Å². The van der Waals surface area contributed by atoms with Crippen LogP contribution in [-0.4, -0.2) is 49.8 Å². The lowest BCUT2D eigenvalue weighted by Gasteiger charge is -2.41. The first-order valence-corrected chi connectivity index (χ1v) is 5.23. The van der Waals surface area contributed by atoms with E-state index in [0.29, 0.717) is 25.7 Å². The summed E-state index contributed by atoms with van der Waals surface area (Å²) in [5.74, 6) is 0. The normalized spacial score (nSPS) is 45.6. The van der Waals surface area contributed by atoms with E-state index in [-0.39, 0.29) is 12.2 Å². The predicted molar refractivity (Wildman–Crippen MR) is 51.9 cm³/mol. The third-order valence-corrected chi connectivity index (χ3v) is 3.07. The fourth-order valence-electron chi connectivity index (χ4n) is 2.37. The van der Waals surface area contributed by atoms with E-state index in [0.717, 1.165) is 6.42 Å². The molecule has 0 aliphatic carbocycles. The van der Waals surface area contributed by atoms with Gasteiger partial charge < -0.3 is 14.2 Å². The van der Waals surface area contributed by atoms with Gasteiger partial charge in [-0.2, -0.15) is 0 Å². The highest BCUT2D eigenvalue weighted by atomic mass is 16.7. The molecule has 2 heterocycles. The van der Waals surface area contributed by atoms with Crippen molar-refractivity contribution in [2.45, 2.75) is 44.6 Å². The Hall–Kier alpha value is -0.160. The minimum atomic E-state index is 0.152. The molecule has 0 aromatic rings. The lowest BCUT2D eigenvalue weighted by atomic mass is 9.95. The number of hydrogen-bond acceptors (Lipinski definition) is 4. The molecule has 82 valence electrons. The van der Waals surface area contributed by atoms with Gasteiger partial charge >= 0.3 is 0 Å². The molecule has 2 fully saturated rings. The van der Waals surface area contributed by atoms with Gasteiger partial charge in [0.1, 0.15) is 19.6 Å². The smallest absolute Gasteiger partial charge is 0.149 e. The second-order valence-corrected chi connectivity index (χ2v) is 4.29. The monoisotopic (exact) mass is 201 g/mol. The first-order valence-electron chi connectivity index (χ1n) is 5.23. The van der Waals surface area contributed by atoms with Crippen molar-refractivity contribution in [2.75, 3.05) is 20.6 Å². The summed E-state index contributed by atoms with van der Waals surface area (Å²) >= 11 is 0. The lowest BCUT2D eigenvalue weighted by Crippen LogP contribution is -2.53. The Labute approximate surface area is 85.1 Å². The molecule has 4 unspecified atom stereocenters. The van der Waals surface area contributed by atoms with Gasteiger partial charge in [0.05, 0.1) is 12.2 Å². The summed E-state index contributed by atoms with van der Waals surface area (Å²) in [5.41, 5.74) is 0. The van der Waals surface area contributed by atoms with Gasteiger partial charge in [-0.05, 0) is 27.3 Å². The molecule has 2 aliphatic heterocycles. The second kappa shape index (κ2) is 4.14. The lowest BCUT2D eigenvalue weighted by molar-refractivity contribution is -0.162. The van der Waals surface area contributed by atoms with Crippen molar-refractivity contribution in [1.82, 2.24) is 4.90 Å². The fraction of sp³-hybridized carbons (Fsp3) is 1.00. The molecule has 0 bridgehead atoms. The third-order valence-electron chi connectivity index (χ3n) is 3.07. The van der Waals surface area contributed by atoms with E-state index in [2.05, 4.69) is 25.8 Å². The number of ether oxygens (including phenoxy) is 3. The largest absolute Gasteiger partial charge is 0.373 e. The van der Waals surface area contributed by atoms with Gasteiger partial charge in [-0.1, -0.05) is 0 Å². The summed E-state index contributed by atoms with van der Waals surface area (Å²) in [6.45, 7) is 5.23. The van der Waals surface area contributed by atoms with E-state index >= 15 is 0 Å². The standard InChI is InChI=1S/C10H19NO3/c1-7-4-9-10(8(2)14-7)13-6-12-5-11(9)3/h7-10H,4-6H2,1-3H3. The second-order valence-electron chi connectivity index (χ2n) is 4.29. The molecule has 2 rings (SSSR count). The Morgan fingerprint density at radius 3 is 2.86 bits per heavy atom. The highest BCUT2D eigenvalue weighted by Crippen LogP contribution is 2.27. The topological polar surface area (TPSA) is 30.9 Å². The Balaban J connectivity index is 2.10. The van der Waals surface area contributed by atoms with Gasteiger partial charge in [0.15, 0.2) is 0 Å². The van der Waals surface area contributed by atoms with Crippen molar-refractivity contribution in [2.24, 2.45) is 0 Å². The number of nitrogens with zero attached hydrogens (tertiary/aromatic N) is 1. The van der Waals surface area contributed by atoms with E-state index in [1.165, 1.54) is 0 Å². The summed E-state index contributed by atoms with van der Waals surface area (Å²) in [6.07, 6.45) is 1.65. The van der Waals surface area contributed by atoms with Gasteiger partial charge in [-0.3, -0.25) is 4.90 Å². The predicted octanol–water partition coefficient (Wildman–Crippen LogP) is 0.815. The molecule has 0 saturated carbocycles. The van der Waals surface area contributed by atoms with Crippen LogP contribution in [0.15, 0.2) is 0 Å². The number of rotatable bonds is 0. The first-order chi connectivity index (χ1) is 6.68. The van der Waals surface area contributed by atoms with Crippen LogP contribution in [0.2, 0.25) is 0 Å². The van der Waals surface area contributed by atoms with Crippen LogP contribution in [0.5, 0.6) is 0 Å². The zero-order chi connectivity index (χ0) is 10.1. The average molecular weight is 201 g/mol. The number of likely N-dealkylation sites (N-methyl/N-ethyl adjacent to an activating group) is 1. The molecule has 4 nitrogen and oxygen atoms in total. The van der Waals surface area contributed by atoms with Crippen molar-refractivity contribution < 1.29 is 14.2 Å². The molecule has 0 spiro atoms. The van der Waals surface area contributed by atoms with Crippen LogP contribution in [0.3, 0.4) is 0 Å². The quantitative estimate of drug-likeness (QED) is 0.580. The summed E-state index contributed by atoms with van der Waals surface area (Å²) < 4.78 is 16.7. The highest BCUT2D eigenvalue weighted by molar-refractivity contribution is 4.89. The van der Waals surface area contributed by atoms with E-state index in [1.54, 1.807) is 0 Å². The van der Waals surface area contributed by atoms with Crippen molar-refractivity contribution in [1.29, 1.82) is 0 Å². The molecule has 4 heteroatoms. The Bertz CT molecular complexity index is 200. The molecule has 0 radical (unpaired) electrons. The van der Waals surface area contributed by atoms with Crippen LogP contribution in [-0.2, 0) is 14.2 Å². The first kappa shape index (κ1) is 10.4. The molecule has 0 amide bonds. The molecule has 2 aliphatic rings. The maximum atomic E-state index is 5.75. The molecule has 0 N–H and O–H groups in total. The van der Waals surface area contributed by atoms with Crippen LogP contribution in [0.25, 0.3) is 0 Å². The Morgan fingerprint density at radius 1 is 1.29 bits per heavy atom. The molecule has 0 aromatic carbocycles. The van der Waals surface area contributed by atoms with Crippen molar-refractivity contribution in [3.8, 4) is 0 Å². The van der Waals surface area contributed by atoms with E-state index < -0.39 is 0 Å². The van der Waals surface area contributed by atoms with Crippen LogP contribution < -0.4 is 0 Å². The van der Waals surface area contributed by atoms with E-state index in [9.17, 15) is 0 Å². The average Bonchev–Trinajstić information content (AvgIpc) is 2.29. The van der Waals surface area contributed by atoms with Crippen LogP contribution in [0.4, 0.5) is 0 Å². The number of hydrogen-bond donors (Lipinski definition) is 0. The van der Waals surface area contributed by atoms with Crippen LogP contribution in [0, 0.1) is 0 Å². The minimum absolute atomic E-state index is 0.152. The van der Waals surface area contributed by atoms with Gasteiger partial charge in [0.2, 0.25) is 0 Å². The summed E-state index contributed by atoms with van der Waals surface area (Å²) in [5, 5.41) is 0. The molecule has 0 aromatic heterocycles. The minimum Gasteiger partial charge on any atom is -0.373 e. The Kier molecular flexibility index (Phi) is 3.07. The molecular weight excluding hydrogens is 182 g/mol. The molecular formula is C10H19NO3. The maximum Gasteiger partial charge on any atom is 0.149 e. The Morgan fingerprint density at radius 2 is 2.07 bits per heavy atom. The third kappa shape index (κ3) is 1.93. The number of fused-ring (bicyclic) bond motifs is 1. The SMILES string of the molecule is CC1CC2C(OCOCN2C)C(C)O1. The molecule has 14 heavy (non-hydrogen) atoms. The van der Waals surface area contributed by atoms with Gasteiger partial charge in [-0.15, -0.1) is 0 Å². The van der Waals surface area contributed by atoms with Crippen LogP contribution in [0.1, 0.15) is 20.3 Å². The van der Waals surface area contributed by atoms with Gasteiger partial charge in [0, 0.05) is 6.04 Å². The fourth-order valence-corrected chi connectivity index (χ4v) is 2.37. The van der Waals surface area contributed by atoms with Crippen molar-refractivity contribution in [3.05, 3.63) is 0 Å². The summed E-state index contributed by atoms with van der Waals surface area (Å²) in [4.78, 5) is 2.22. The van der Waals surface area contributed by atoms with E-state index in [1.807, 2.05) is 0 Å². The maximum absolute atomic E-state index is 5.75. The molecule has 2 saturated heterocycles.